The molecule has 3 amide bonds. The molecule has 1 aromatic carbocycles. The number of carbonyl (C=O) groups is 3. The largest absolute Gasteiger partial charge is 0.416 e. The Morgan fingerprint density at radius 1 is 0.962 bits per heavy atom. The van der Waals surface area contributed by atoms with Crippen LogP contribution in [0.3, 0.4) is 0 Å². The maximum Gasteiger partial charge on any atom is 0.416 e. The van der Waals surface area contributed by atoms with Gasteiger partial charge in [-0.05, 0) is 63.1 Å². The number of nitrogens with one attached hydrogen (secondary N) is 2. The third-order valence-electron chi connectivity index (χ3n) is 12.6. The van der Waals surface area contributed by atoms with Crippen LogP contribution < -0.4 is 10.6 Å². The Morgan fingerprint density at radius 3 is 2.17 bits per heavy atom. The number of likely N-dealkylation sites (tertiary alicyclic amines) is 1. The summed E-state index contributed by atoms with van der Waals surface area (Å²) in [4.78, 5) is 46.1. The number of fused-ring (bicyclic) bond motifs is 3. The van der Waals surface area contributed by atoms with Crippen molar-refractivity contribution in [3.8, 4) is 0 Å². The van der Waals surface area contributed by atoms with E-state index in [2.05, 4.69) is 15.5 Å². The molecule has 2 N–H and O–H groups in total. The summed E-state index contributed by atoms with van der Waals surface area (Å²) >= 11 is 0. The molecule has 1 aromatic rings. The summed E-state index contributed by atoms with van der Waals surface area (Å²) in [7, 11) is 0. The summed E-state index contributed by atoms with van der Waals surface area (Å²) in [6.07, 6.45) is -6.09. The minimum atomic E-state index is -4.61. The van der Waals surface area contributed by atoms with E-state index in [0.29, 0.717) is 52.5 Å². The second-order valence-electron chi connectivity index (χ2n) is 16.1. The zero-order valence-corrected chi connectivity index (χ0v) is 29.3. The van der Waals surface area contributed by atoms with Crippen LogP contribution in [0, 0.1) is 22.2 Å². The third-order valence-corrected chi connectivity index (χ3v) is 12.6. The van der Waals surface area contributed by atoms with Crippen LogP contribution in [0.15, 0.2) is 24.3 Å². The molecule has 2 aliphatic carbocycles. The zero-order valence-electron chi connectivity index (χ0n) is 29.3. The highest BCUT2D eigenvalue weighted by Crippen LogP contribution is 2.60. The SMILES string of the molecule is C[C@@H](OCC12CCC(CC1)OC2)[C@H](NC(=O)[C@@H]1CNCC12CN(C(=O)C1(C(F)(F)F)CC1)C2)C(=O)N1CCN(Cc2ccc(C(F)(F)F)cc2)CC1. The Hall–Kier alpha value is -2.95. The number of amides is 3. The first kappa shape index (κ1) is 37.4. The van der Waals surface area contributed by atoms with Crippen molar-refractivity contribution in [2.75, 3.05) is 65.6 Å². The second kappa shape index (κ2) is 13.7. The molecule has 5 heterocycles. The van der Waals surface area contributed by atoms with Gasteiger partial charge in [0.2, 0.25) is 17.7 Å². The van der Waals surface area contributed by atoms with Crippen molar-refractivity contribution in [3.63, 3.8) is 0 Å². The fourth-order valence-corrected chi connectivity index (χ4v) is 8.83. The number of benzene rings is 1. The number of hydrogen-bond donors (Lipinski definition) is 2. The molecule has 16 heteroatoms. The number of piperazine rings is 1. The van der Waals surface area contributed by atoms with Crippen LogP contribution in [0.25, 0.3) is 0 Å². The van der Waals surface area contributed by atoms with Gasteiger partial charge < -0.3 is 29.9 Å². The van der Waals surface area contributed by atoms with E-state index in [9.17, 15) is 40.7 Å². The highest BCUT2D eigenvalue weighted by Gasteiger charge is 2.71. The van der Waals surface area contributed by atoms with Crippen molar-refractivity contribution in [2.45, 2.75) is 82.6 Å². The maximum atomic E-state index is 14.2. The molecule has 5 aliphatic heterocycles. The van der Waals surface area contributed by atoms with Gasteiger partial charge in [0.25, 0.3) is 0 Å². The van der Waals surface area contributed by atoms with Crippen molar-refractivity contribution in [1.82, 2.24) is 25.3 Å². The molecule has 10 nitrogen and oxygen atoms in total. The van der Waals surface area contributed by atoms with Gasteiger partial charge in [-0.15, -0.1) is 0 Å². The fraction of sp³-hybridized carbons (Fsp3) is 0.750. The first-order valence-corrected chi connectivity index (χ1v) is 18.3. The summed E-state index contributed by atoms with van der Waals surface area (Å²) in [5.41, 5.74) is -3.19. The van der Waals surface area contributed by atoms with Gasteiger partial charge in [-0.25, -0.2) is 0 Å². The lowest BCUT2D eigenvalue weighted by atomic mass is 9.70. The molecular formula is C36H47F6N5O5. The molecular weight excluding hydrogens is 696 g/mol. The fourth-order valence-electron chi connectivity index (χ4n) is 8.83. The third kappa shape index (κ3) is 7.16. The van der Waals surface area contributed by atoms with Gasteiger partial charge in [0, 0.05) is 69.7 Å². The molecule has 0 unspecified atom stereocenters. The number of nitrogens with zero attached hydrogens (tertiary/aromatic N) is 3. The minimum Gasteiger partial charge on any atom is -0.378 e. The van der Waals surface area contributed by atoms with E-state index in [1.165, 1.54) is 17.0 Å². The van der Waals surface area contributed by atoms with Gasteiger partial charge in [-0.2, -0.15) is 26.3 Å². The summed E-state index contributed by atoms with van der Waals surface area (Å²) in [5, 5.41) is 6.15. The second-order valence-corrected chi connectivity index (χ2v) is 16.1. The standard InChI is InChI=1S/C36H47F6N5O5/c1-23(51-21-32-8-6-26(7-9-32)52-22-32)28(30(49)46-14-12-45(13-15-46)17-24-2-4-25(5-3-24)35(37,38)39)44-29(48)27-16-43-18-33(27)19-47(20-33)31(50)34(10-11-34)36(40,41)42/h2-5,23,26-28,43H,6-22H2,1H3,(H,44,48)/t23-,26?,27+,28+,32?/m1/s1. The van der Waals surface area contributed by atoms with Crippen LogP contribution in [0.1, 0.15) is 56.6 Å². The lowest BCUT2D eigenvalue weighted by Gasteiger charge is -2.51. The lowest BCUT2D eigenvalue weighted by Crippen LogP contribution is -2.67. The van der Waals surface area contributed by atoms with Crippen LogP contribution in [-0.2, 0) is 36.6 Å². The molecule has 7 aliphatic rings. The van der Waals surface area contributed by atoms with Crippen molar-refractivity contribution < 1.29 is 50.2 Å². The van der Waals surface area contributed by atoms with Crippen molar-refractivity contribution in [2.24, 2.45) is 22.2 Å². The summed E-state index contributed by atoms with van der Waals surface area (Å²) in [6.45, 7) is 5.45. The first-order valence-electron chi connectivity index (χ1n) is 18.3. The number of carbonyl (C=O) groups excluding carboxylic acids is 3. The number of ether oxygens (including phenoxy) is 2. The lowest BCUT2D eigenvalue weighted by molar-refractivity contribution is -0.205. The molecule has 0 radical (unpaired) electrons. The highest BCUT2D eigenvalue weighted by molar-refractivity contribution is 5.91. The Kier molecular flexibility index (Phi) is 9.86. The topological polar surface area (TPSA) is 103 Å². The predicted octanol–water partition coefficient (Wildman–Crippen LogP) is 3.59. The number of alkyl halides is 6. The average molecular weight is 744 g/mol. The number of hydrogen-bond acceptors (Lipinski definition) is 7. The summed E-state index contributed by atoms with van der Waals surface area (Å²) < 4.78 is 92.4. The minimum absolute atomic E-state index is 0.0316. The van der Waals surface area contributed by atoms with E-state index >= 15 is 0 Å². The van der Waals surface area contributed by atoms with Crippen molar-refractivity contribution >= 4 is 17.7 Å². The van der Waals surface area contributed by atoms with Crippen LogP contribution in [0.2, 0.25) is 0 Å². The Bertz CT molecular complexity index is 1480. The quantitative estimate of drug-likeness (QED) is 0.354. The van der Waals surface area contributed by atoms with Gasteiger partial charge in [0.05, 0.1) is 36.9 Å². The van der Waals surface area contributed by atoms with Crippen LogP contribution in [0.5, 0.6) is 0 Å². The van der Waals surface area contributed by atoms with E-state index in [1.54, 1.807) is 11.8 Å². The Morgan fingerprint density at radius 2 is 1.62 bits per heavy atom. The van der Waals surface area contributed by atoms with Crippen LogP contribution in [-0.4, -0.2) is 122 Å². The molecule has 7 fully saturated rings. The molecule has 3 atom stereocenters. The molecule has 5 saturated heterocycles. The molecule has 2 saturated carbocycles. The predicted molar refractivity (Wildman–Crippen MR) is 174 cm³/mol. The van der Waals surface area contributed by atoms with Gasteiger partial charge in [0.1, 0.15) is 11.5 Å². The van der Waals surface area contributed by atoms with Crippen molar-refractivity contribution in [3.05, 3.63) is 35.4 Å². The van der Waals surface area contributed by atoms with Gasteiger partial charge in [-0.3, -0.25) is 19.3 Å². The smallest absolute Gasteiger partial charge is 0.378 e. The molecule has 8 rings (SSSR count). The molecule has 1 spiro atoms. The highest BCUT2D eigenvalue weighted by atomic mass is 19.4. The zero-order chi connectivity index (χ0) is 37.1. The average Bonchev–Trinajstić information content (AvgIpc) is 3.82. The van der Waals surface area contributed by atoms with E-state index in [0.717, 1.165) is 43.4 Å². The Labute approximate surface area is 298 Å². The number of rotatable bonds is 10. The summed E-state index contributed by atoms with van der Waals surface area (Å²) in [6, 6.07) is 3.99. The molecule has 288 valence electrons. The van der Waals surface area contributed by atoms with E-state index < -0.39 is 58.6 Å². The maximum absolute atomic E-state index is 14.2. The summed E-state index contributed by atoms with van der Waals surface area (Å²) in [5.74, 6) is -2.32. The Balaban J connectivity index is 0.999. The number of halogens is 6. The van der Waals surface area contributed by atoms with Crippen molar-refractivity contribution in [1.29, 1.82) is 0 Å². The molecule has 52 heavy (non-hydrogen) atoms. The van der Waals surface area contributed by atoms with Gasteiger partial charge >= 0.3 is 12.4 Å². The molecule has 0 aromatic heterocycles. The molecule has 2 bridgehead atoms. The van der Waals surface area contributed by atoms with Gasteiger partial charge in [-0.1, -0.05) is 12.1 Å². The monoisotopic (exact) mass is 743 g/mol. The van der Waals surface area contributed by atoms with E-state index in [1.807, 2.05) is 0 Å². The van der Waals surface area contributed by atoms with Gasteiger partial charge in [0.15, 0.2) is 0 Å². The normalized spacial score (nSPS) is 29.4. The van der Waals surface area contributed by atoms with Crippen LogP contribution in [0.4, 0.5) is 26.3 Å². The van der Waals surface area contributed by atoms with E-state index in [4.69, 9.17) is 9.47 Å². The first-order chi connectivity index (χ1) is 24.5. The van der Waals surface area contributed by atoms with E-state index in [-0.39, 0.29) is 49.9 Å². The van der Waals surface area contributed by atoms with Crippen LogP contribution >= 0.6 is 0 Å².